The summed E-state index contributed by atoms with van der Waals surface area (Å²) in [7, 11) is 0. The lowest BCUT2D eigenvalue weighted by atomic mass is 10.1. The number of fused-ring (bicyclic) bond motifs is 1. The van der Waals surface area contributed by atoms with E-state index in [1.54, 1.807) is 36.7 Å². The van der Waals surface area contributed by atoms with Crippen LogP contribution in [0.1, 0.15) is 0 Å². The van der Waals surface area contributed by atoms with E-state index in [0.29, 0.717) is 17.1 Å². The molecule has 0 fully saturated rings. The SMILES string of the molecule is O=C(Nc1ccc(-c2cn[nH]c2)cc1F)C1COc2ccccc2O1. The van der Waals surface area contributed by atoms with E-state index in [4.69, 9.17) is 9.47 Å². The van der Waals surface area contributed by atoms with Gasteiger partial charge in [-0.25, -0.2) is 4.39 Å². The van der Waals surface area contributed by atoms with Crippen molar-refractivity contribution in [3.63, 3.8) is 0 Å². The lowest BCUT2D eigenvalue weighted by Crippen LogP contribution is -2.40. The molecule has 1 unspecified atom stereocenters. The van der Waals surface area contributed by atoms with Crippen molar-refractivity contribution in [1.29, 1.82) is 0 Å². The standard InChI is InChI=1S/C18H14FN3O3/c19-13-7-11(12-8-20-21-9-12)5-6-14(13)22-18(23)17-10-24-15-3-1-2-4-16(15)25-17/h1-9,17H,10H2,(H,20,21)(H,22,23). The van der Waals surface area contributed by atoms with Crippen molar-refractivity contribution in [2.24, 2.45) is 0 Å². The van der Waals surface area contributed by atoms with E-state index in [-0.39, 0.29) is 12.3 Å². The average molecular weight is 339 g/mol. The zero-order valence-corrected chi connectivity index (χ0v) is 13.0. The lowest BCUT2D eigenvalue weighted by Gasteiger charge is -2.25. The third-order valence-electron chi connectivity index (χ3n) is 3.86. The number of rotatable bonds is 3. The molecule has 1 aliphatic rings. The number of benzene rings is 2. The van der Waals surface area contributed by atoms with Crippen molar-refractivity contribution >= 4 is 11.6 Å². The summed E-state index contributed by atoms with van der Waals surface area (Å²) in [5.41, 5.74) is 1.51. The van der Waals surface area contributed by atoms with Crippen LogP contribution >= 0.6 is 0 Å². The second-order valence-corrected chi connectivity index (χ2v) is 5.54. The van der Waals surface area contributed by atoms with Gasteiger partial charge in [0.1, 0.15) is 12.4 Å². The first kappa shape index (κ1) is 15.2. The summed E-state index contributed by atoms with van der Waals surface area (Å²) in [6.45, 7) is 0.0670. The van der Waals surface area contributed by atoms with Crippen molar-refractivity contribution in [3.8, 4) is 22.6 Å². The average Bonchev–Trinajstić information content (AvgIpc) is 3.17. The van der Waals surface area contributed by atoms with Crippen molar-refractivity contribution < 1.29 is 18.7 Å². The van der Waals surface area contributed by atoms with Crippen molar-refractivity contribution in [2.75, 3.05) is 11.9 Å². The summed E-state index contributed by atoms with van der Waals surface area (Å²) in [6, 6.07) is 11.6. The molecule has 1 aliphatic heterocycles. The molecule has 25 heavy (non-hydrogen) atoms. The van der Waals surface area contributed by atoms with Gasteiger partial charge in [-0.2, -0.15) is 5.10 Å². The van der Waals surface area contributed by atoms with Crippen molar-refractivity contribution in [3.05, 3.63) is 60.7 Å². The Hall–Kier alpha value is -3.35. The number of aromatic nitrogens is 2. The van der Waals surface area contributed by atoms with Crippen LogP contribution in [0, 0.1) is 5.82 Å². The van der Waals surface area contributed by atoms with Gasteiger partial charge in [0, 0.05) is 11.8 Å². The molecule has 7 heteroatoms. The zero-order valence-electron chi connectivity index (χ0n) is 13.0. The molecular formula is C18H14FN3O3. The fourth-order valence-electron chi connectivity index (χ4n) is 2.57. The Kier molecular flexibility index (Phi) is 3.81. The number of H-pyrrole nitrogens is 1. The molecule has 1 aromatic heterocycles. The van der Waals surface area contributed by atoms with Crippen LogP contribution in [0.2, 0.25) is 0 Å². The number of ether oxygens (including phenoxy) is 2. The minimum atomic E-state index is -0.845. The van der Waals surface area contributed by atoms with Gasteiger partial charge < -0.3 is 14.8 Å². The van der Waals surface area contributed by atoms with Crippen molar-refractivity contribution in [1.82, 2.24) is 10.2 Å². The third-order valence-corrected chi connectivity index (χ3v) is 3.86. The molecule has 1 amide bonds. The van der Waals surface area contributed by atoms with Crippen LogP contribution in [0.3, 0.4) is 0 Å². The quantitative estimate of drug-likeness (QED) is 0.769. The first-order valence-corrected chi connectivity index (χ1v) is 7.69. The number of amides is 1. The maximum Gasteiger partial charge on any atom is 0.269 e. The molecule has 0 aliphatic carbocycles. The molecule has 0 spiro atoms. The Labute approximate surface area is 142 Å². The summed E-state index contributed by atoms with van der Waals surface area (Å²) in [5.74, 6) is 0.0699. The summed E-state index contributed by atoms with van der Waals surface area (Å²) in [6.07, 6.45) is 2.41. The van der Waals surface area contributed by atoms with Gasteiger partial charge >= 0.3 is 0 Å². The van der Waals surface area contributed by atoms with Gasteiger partial charge in [0.25, 0.3) is 5.91 Å². The Morgan fingerprint density at radius 2 is 2.04 bits per heavy atom. The number of hydrogen-bond donors (Lipinski definition) is 2. The Balaban J connectivity index is 1.48. The first-order chi connectivity index (χ1) is 12.2. The topological polar surface area (TPSA) is 76.2 Å². The smallest absolute Gasteiger partial charge is 0.269 e. The van der Waals surface area contributed by atoms with E-state index in [9.17, 15) is 9.18 Å². The fourth-order valence-corrected chi connectivity index (χ4v) is 2.57. The Morgan fingerprint density at radius 3 is 2.80 bits per heavy atom. The molecule has 3 aromatic rings. The molecule has 2 heterocycles. The number of anilines is 1. The van der Waals surface area contributed by atoms with E-state index >= 15 is 0 Å². The number of aromatic amines is 1. The summed E-state index contributed by atoms with van der Waals surface area (Å²) >= 11 is 0. The zero-order chi connectivity index (χ0) is 17.2. The highest BCUT2D eigenvalue weighted by Crippen LogP contribution is 2.31. The predicted octanol–water partition coefficient (Wildman–Crippen LogP) is 2.99. The van der Waals surface area contributed by atoms with Crippen LogP contribution in [-0.4, -0.2) is 28.8 Å². The Bertz CT molecular complexity index is 912. The number of para-hydroxylation sites is 2. The van der Waals surface area contributed by atoms with Gasteiger partial charge in [-0.1, -0.05) is 18.2 Å². The highest BCUT2D eigenvalue weighted by atomic mass is 19.1. The highest BCUT2D eigenvalue weighted by Gasteiger charge is 2.27. The molecular weight excluding hydrogens is 325 g/mol. The first-order valence-electron chi connectivity index (χ1n) is 7.69. The largest absolute Gasteiger partial charge is 0.485 e. The summed E-state index contributed by atoms with van der Waals surface area (Å²) in [4.78, 5) is 12.3. The van der Waals surface area contributed by atoms with E-state index in [0.717, 1.165) is 5.56 Å². The molecule has 0 bridgehead atoms. The molecule has 2 N–H and O–H groups in total. The minimum absolute atomic E-state index is 0.0670. The van der Waals surface area contributed by atoms with E-state index in [2.05, 4.69) is 15.5 Å². The van der Waals surface area contributed by atoms with E-state index < -0.39 is 17.8 Å². The molecule has 0 saturated heterocycles. The van der Waals surface area contributed by atoms with Crippen molar-refractivity contribution in [2.45, 2.75) is 6.10 Å². The van der Waals surface area contributed by atoms with Crippen LogP contribution < -0.4 is 14.8 Å². The van der Waals surface area contributed by atoms with Crippen LogP contribution in [-0.2, 0) is 4.79 Å². The van der Waals surface area contributed by atoms with Gasteiger partial charge in [-0.15, -0.1) is 0 Å². The van der Waals surface area contributed by atoms with Gasteiger partial charge in [-0.05, 0) is 29.8 Å². The number of nitrogens with zero attached hydrogens (tertiary/aromatic N) is 1. The van der Waals surface area contributed by atoms with Crippen LogP contribution in [0.5, 0.6) is 11.5 Å². The highest BCUT2D eigenvalue weighted by molar-refractivity contribution is 5.95. The molecule has 0 saturated carbocycles. The number of halogens is 1. The monoisotopic (exact) mass is 339 g/mol. The predicted molar refractivity (Wildman–Crippen MR) is 89.0 cm³/mol. The lowest BCUT2D eigenvalue weighted by molar-refractivity contribution is -0.125. The van der Waals surface area contributed by atoms with Crippen LogP contribution in [0.15, 0.2) is 54.9 Å². The van der Waals surface area contributed by atoms with Gasteiger partial charge in [0.15, 0.2) is 11.5 Å². The number of nitrogens with one attached hydrogen (secondary N) is 2. The maximum atomic E-state index is 14.3. The molecule has 2 aromatic carbocycles. The number of carbonyl (C=O) groups excluding carboxylic acids is 1. The minimum Gasteiger partial charge on any atom is -0.485 e. The van der Waals surface area contributed by atoms with Crippen LogP contribution in [0.4, 0.5) is 10.1 Å². The molecule has 126 valence electrons. The van der Waals surface area contributed by atoms with Crippen LogP contribution in [0.25, 0.3) is 11.1 Å². The molecule has 0 radical (unpaired) electrons. The summed E-state index contributed by atoms with van der Waals surface area (Å²) in [5, 5.41) is 9.04. The fraction of sp³-hybridized carbons (Fsp3) is 0.111. The van der Waals surface area contributed by atoms with E-state index in [1.807, 2.05) is 6.07 Å². The summed E-state index contributed by atoms with van der Waals surface area (Å²) < 4.78 is 25.4. The third kappa shape index (κ3) is 3.03. The number of carbonyl (C=O) groups is 1. The Morgan fingerprint density at radius 1 is 1.20 bits per heavy atom. The molecule has 4 rings (SSSR count). The van der Waals surface area contributed by atoms with Gasteiger partial charge in [0.05, 0.1) is 11.9 Å². The molecule has 1 atom stereocenters. The maximum absolute atomic E-state index is 14.3. The molecule has 6 nitrogen and oxygen atoms in total. The van der Waals surface area contributed by atoms with Gasteiger partial charge in [0.2, 0.25) is 6.10 Å². The second-order valence-electron chi connectivity index (χ2n) is 5.54. The second kappa shape index (κ2) is 6.27. The van der Waals surface area contributed by atoms with Gasteiger partial charge in [-0.3, -0.25) is 9.89 Å². The number of hydrogen-bond acceptors (Lipinski definition) is 4. The normalized spacial score (nSPS) is 15.6. The van der Waals surface area contributed by atoms with E-state index in [1.165, 1.54) is 12.1 Å².